The van der Waals surface area contributed by atoms with Crippen LogP contribution < -0.4 is 5.32 Å². The number of benzene rings is 2. The number of halogens is 4. The van der Waals surface area contributed by atoms with Gasteiger partial charge >= 0.3 is 6.18 Å². The lowest BCUT2D eigenvalue weighted by Gasteiger charge is -2.44. The summed E-state index contributed by atoms with van der Waals surface area (Å²) in [4.78, 5) is 13.3. The molecular weight excluding hydrogens is 482 g/mol. The molecule has 2 aromatic carbocycles. The molecule has 198 valence electrons. The van der Waals surface area contributed by atoms with Crippen molar-refractivity contribution in [2.24, 2.45) is 5.92 Å². The van der Waals surface area contributed by atoms with E-state index in [-0.39, 0.29) is 32.0 Å². The largest absolute Gasteiger partial charge is 0.416 e. The highest BCUT2D eigenvalue weighted by Crippen LogP contribution is 2.36. The van der Waals surface area contributed by atoms with Crippen LogP contribution in [0.2, 0.25) is 0 Å². The van der Waals surface area contributed by atoms with E-state index in [2.05, 4.69) is 5.32 Å². The van der Waals surface area contributed by atoms with Gasteiger partial charge in [0.15, 0.2) is 5.60 Å². The van der Waals surface area contributed by atoms with Gasteiger partial charge in [0.2, 0.25) is 0 Å². The van der Waals surface area contributed by atoms with Crippen molar-refractivity contribution >= 4 is 5.91 Å². The Kier molecular flexibility index (Phi) is 9.10. The van der Waals surface area contributed by atoms with Crippen molar-refractivity contribution in [3.63, 3.8) is 0 Å². The van der Waals surface area contributed by atoms with E-state index in [1.165, 1.54) is 36.4 Å². The number of amides is 1. The molecule has 0 aliphatic heterocycles. The molecule has 1 aliphatic carbocycles. The molecule has 2 aromatic rings. The van der Waals surface area contributed by atoms with Gasteiger partial charge in [0.1, 0.15) is 11.9 Å². The first kappa shape index (κ1) is 28.0. The van der Waals surface area contributed by atoms with E-state index in [0.29, 0.717) is 17.7 Å². The van der Waals surface area contributed by atoms with Crippen LogP contribution in [0.1, 0.15) is 43.4 Å². The second kappa shape index (κ2) is 11.7. The van der Waals surface area contributed by atoms with E-state index in [0.717, 1.165) is 12.1 Å². The Balaban J connectivity index is 1.77. The SMILES string of the molecule is CC(C)CNC(=O)[C@@]1(OCc2ccc(F)cc2)CC(OCc2ccc(C(F)(F)F)cc2)[C@H](O)[C@H](O)C1. The maximum atomic E-state index is 13.3. The Morgan fingerprint density at radius 2 is 1.61 bits per heavy atom. The average molecular weight is 514 g/mol. The molecule has 1 saturated carbocycles. The van der Waals surface area contributed by atoms with Crippen molar-refractivity contribution in [1.29, 1.82) is 0 Å². The Morgan fingerprint density at radius 1 is 1.03 bits per heavy atom. The number of hydrogen-bond acceptors (Lipinski definition) is 5. The van der Waals surface area contributed by atoms with Crippen LogP contribution in [0.3, 0.4) is 0 Å². The molecule has 0 heterocycles. The Bertz CT molecular complexity index is 997. The van der Waals surface area contributed by atoms with Crippen LogP contribution in [-0.4, -0.2) is 46.6 Å². The van der Waals surface area contributed by atoms with Crippen molar-refractivity contribution in [2.75, 3.05) is 6.54 Å². The Hall–Kier alpha value is -2.53. The quantitative estimate of drug-likeness (QED) is 0.442. The highest BCUT2D eigenvalue weighted by atomic mass is 19.4. The maximum Gasteiger partial charge on any atom is 0.416 e. The second-order valence-corrected chi connectivity index (χ2v) is 9.52. The van der Waals surface area contributed by atoms with Crippen LogP contribution in [0.25, 0.3) is 0 Å². The van der Waals surface area contributed by atoms with Crippen molar-refractivity contribution in [1.82, 2.24) is 5.32 Å². The van der Waals surface area contributed by atoms with E-state index >= 15 is 0 Å². The molecule has 1 unspecified atom stereocenters. The van der Waals surface area contributed by atoms with Crippen LogP contribution in [0.5, 0.6) is 0 Å². The maximum absolute atomic E-state index is 13.3. The molecule has 4 atom stereocenters. The molecule has 0 radical (unpaired) electrons. The van der Waals surface area contributed by atoms with E-state index in [4.69, 9.17) is 9.47 Å². The minimum Gasteiger partial charge on any atom is -0.390 e. The summed E-state index contributed by atoms with van der Waals surface area (Å²) in [6.45, 7) is 4.00. The third-order valence-corrected chi connectivity index (χ3v) is 6.10. The fraction of sp³-hybridized carbons (Fsp3) is 0.500. The summed E-state index contributed by atoms with van der Waals surface area (Å²) in [6, 6.07) is 9.95. The number of ether oxygens (including phenoxy) is 2. The lowest BCUT2D eigenvalue weighted by molar-refractivity contribution is -0.200. The minimum atomic E-state index is -4.46. The molecule has 36 heavy (non-hydrogen) atoms. The van der Waals surface area contributed by atoms with E-state index in [1.807, 2.05) is 13.8 Å². The van der Waals surface area contributed by atoms with Crippen LogP contribution in [0.15, 0.2) is 48.5 Å². The summed E-state index contributed by atoms with van der Waals surface area (Å²) < 4.78 is 63.5. The summed E-state index contributed by atoms with van der Waals surface area (Å²) in [5, 5.41) is 24.0. The third-order valence-electron chi connectivity index (χ3n) is 6.10. The van der Waals surface area contributed by atoms with Gasteiger partial charge in [0.05, 0.1) is 31.0 Å². The Labute approximate surface area is 207 Å². The first-order chi connectivity index (χ1) is 16.9. The van der Waals surface area contributed by atoms with Gasteiger partial charge in [-0.1, -0.05) is 38.1 Å². The molecule has 0 saturated heterocycles. The number of aliphatic hydroxyl groups is 2. The summed E-state index contributed by atoms with van der Waals surface area (Å²) in [5.74, 6) is -0.752. The summed E-state index contributed by atoms with van der Waals surface area (Å²) >= 11 is 0. The first-order valence-corrected chi connectivity index (χ1v) is 11.7. The molecule has 1 fully saturated rings. The molecule has 1 amide bonds. The fourth-order valence-corrected chi connectivity index (χ4v) is 4.01. The lowest BCUT2D eigenvalue weighted by Crippen LogP contribution is -2.60. The zero-order chi connectivity index (χ0) is 26.5. The van der Waals surface area contributed by atoms with Crippen LogP contribution >= 0.6 is 0 Å². The predicted octanol–water partition coefficient (Wildman–Crippen LogP) is 3.97. The van der Waals surface area contributed by atoms with E-state index in [9.17, 15) is 32.6 Å². The van der Waals surface area contributed by atoms with E-state index in [1.54, 1.807) is 0 Å². The number of alkyl halides is 3. The van der Waals surface area contributed by atoms with E-state index < -0.39 is 47.4 Å². The summed E-state index contributed by atoms with van der Waals surface area (Å²) in [7, 11) is 0. The highest BCUT2D eigenvalue weighted by Gasteiger charge is 2.51. The van der Waals surface area contributed by atoms with Crippen molar-refractivity contribution < 1.29 is 42.0 Å². The summed E-state index contributed by atoms with van der Waals surface area (Å²) in [5.41, 5.74) is -1.31. The number of aliphatic hydroxyl groups excluding tert-OH is 2. The normalized spacial score (nSPS) is 24.6. The van der Waals surface area contributed by atoms with Crippen LogP contribution in [0.4, 0.5) is 17.6 Å². The van der Waals surface area contributed by atoms with Crippen molar-refractivity contribution in [2.45, 2.75) is 70.0 Å². The summed E-state index contributed by atoms with van der Waals surface area (Å²) in [6.07, 6.45) is -8.48. The molecule has 1 aliphatic rings. The number of nitrogens with one attached hydrogen (secondary N) is 1. The Morgan fingerprint density at radius 3 is 2.19 bits per heavy atom. The topological polar surface area (TPSA) is 88.0 Å². The second-order valence-electron chi connectivity index (χ2n) is 9.52. The molecular formula is C26H31F4NO5. The van der Waals surface area contributed by atoms with Gasteiger partial charge in [-0.3, -0.25) is 4.79 Å². The molecule has 6 nitrogen and oxygen atoms in total. The van der Waals surface area contributed by atoms with Gasteiger partial charge < -0.3 is 25.0 Å². The van der Waals surface area contributed by atoms with Gasteiger partial charge in [0.25, 0.3) is 5.91 Å². The zero-order valence-electron chi connectivity index (χ0n) is 20.1. The van der Waals surface area contributed by atoms with Gasteiger partial charge in [0, 0.05) is 19.4 Å². The molecule has 0 spiro atoms. The predicted molar refractivity (Wildman–Crippen MR) is 123 cm³/mol. The van der Waals surface area contributed by atoms with Gasteiger partial charge in [-0.2, -0.15) is 13.2 Å². The number of carbonyl (C=O) groups is 1. The van der Waals surface area contributed by atoms with Crippen molar-refractivity contribution in [3.05, 3.63) is 71.0 Å². The average Bonchev–Trinajstić information content (AvgIpc) is 2.83. The monoisotopic (exact) mass is 513 g/mol. The molecule has 10 heteroatoms. The molecule has 3 rings (SSSR count). The number of rotatable bonds is 9. The molecule has 0 aromatic heterocycles. The number of carbonyl (C=O) groups excluding carboxylic acids is 1. The molecule has 3 N–H and O–H groups in total. The lowest BCUT2D eigenvalue weighted by atomic mass is 9.78. The van der Waals surface area contributed by atoms with Gasteiger partial charge in [-0.15, -0.1) is 0 Å². The van der Waals surface area contributed by atoms with Crippen LogP contribution in [-0.2, 0) is 33.7 Å². The third kappa shape index (κ3) is 7.25. The molecule has 0 bridgehead atoms. The standard InChI is InChI=1S/C26H31F4NO5/c1-16(2)13-31-24(34)25(36-15-18-5-9-20(27)10-6-18)11-21(32)23(33)22(12-25)35-14-17-3-7-19(8-4-17)26(28,29)30/h3-10,16,21-23,32-33H,11-15H2,1-2H3,(H,31,34)/t21-,22?,23-,25+/m1/s1. The first-order valence-electron chi connectivity index (χ1n) is 11.7. The zero-order valence-corrected chi connectivity index (χ0v) is 20.1. The van der Waals surface area contributed by atoms with Gasteiger partial charge in [-0.25, -0.2) is 4.39 Å². The number of hydrogen-bond donors (Lipinski definition) is 3. The smallest absolute Gasteiger partial charge is 0.390 e. The highest BCUT2D eigenvalue weighted by molar-refractivity contribution is 5.85. The minimum absolute atomic E-state index is 0.0518. The van der Waals surface area contributed by atoms with Crippen LogP contribution in [0, 0.1) is 11.7 Å². The fourth-order valence-electron chi connectivity index (χ4n) is 4.01. The van der Waals surface area contributed by atoms with Crippen molar-refractivity contribution in [3.8, 4) is 0 Å². The van der Waals surface area contributed by atoms with Gasteiger partial charge in [-0.05, 0) is 41.3 Å².